The Morgan fingerprint density at radius 3 is 2.77 bits per heavy atom. The molecule has 1 unspecified atom stereocenters. The lowest BCUT2D eigenvalue weighted by Gasteiger charge is -2.08. The number of hydrogen-bond acceptors (Lipinski definition) is 2. The Kier molecular flexibility index (Phi) is 3.33. The van der Waals surface area contributed by atoms with Crippen LogP contribution in [0.3, 0.4) is 0 Å². The Balaban J connectivity index is 2.81. The molecule has 0 bridgehead atoms. The summed E-state index contributed by atoms with van der Waals surface area (Å²) in [7, 11) is 0. The van der Waals surface area contributed by atoms with E-state index < -0.39 is 6.10 Å². The van der Waals surface area contributed by atoms with Gasteiger partial charge in [-0.3, -0.25) is 0 Å². The van der Waals surface area contributed by atoms with Crippen LogP contribution in [-0.2, 0) is 0 Å². The molecule has 2 nitrogen and oxygen atoms in total. The zero-order valence-corrected chi connectivity index (χ0v) is 9.39. The number of furan rings is 1. The Bertz CT molecular complexity index is 315. The molecular formula is C10H13BrO2. The van der Waals surface area contributed by atoms with Crippen LogP contribution in [0.25, 0.3) is 0 Å². The average molecular weight is 245 g/mol. The second-order valence-corrected chi connectivity index (χ2v) is 4.02. The second kappa shape index (κ2) is 4.11. The second-order valence-electron chi connectivity index (χ2n) is 3.24. The SMILES string of the molecule is C=C(C)CC(O)c1cc(Br)oc1C. The van der Waals surface area contributed by atoms with Crippen molar-refractivity contribution in [3.05, 3.63) is 34.2 Å². The largest absolute Gasteiger partial charge is 0.454 e. The maximum Gasteiger partial charge on any atom is 0.169 e. The topological polar surface area (TPSA) is 33.4 Å². The summed E-state index contributed by atoms with van der Waals surface area (Å²) in [6.45, 7) is 7.49. The molecule has 1 atom stereocenters. The van der Waals surface area contributed by atoms with Gasteiger partial charge in [-0.25, -0.2) is 0 Å². The molecule has 0 aliphatic heterocycles. The number of aliphatic hydroxyl groups is 1. The summed E-state index contributed by atoms with van der Waals surface area (Å²) in [4.78, 5) is 0. The van der Waals surface area contributed by atoms with Gasteiger partial charge in [0.15, 0.2) is 4.67 Å². The van der Waals surface area contributed by atoms with Gasteiger partial charge in [-0.2, -0.15) is 0 Å². The summed E-state index contributed by atoms with van der Waals surface area (Å²) >= 11 is 3.22. The third-order valence-corrected chi connectivity index (χ3v) is 2.22. The third-order valence-electron chi connectivity index (χ3n) is 1.83. The highest BCUT2D eigenvalue weighted by atomic mass is 79.9. The van der Waals surface area contributed by atoms with Crippen molar-refractivity contribution < 1.29 is 9.52 Å². The number of aryl methyl sites for hydroxylation is 1. The van der Waals surface area contributed by atoms with Gasteiger partial charge in [-0.05, 0) is 42.3 Å². The van der Waals surface area contributed by atoms with E-state index in [0.29, 0.717) is 11.1 Å². The van der Waals surface area contributed by atoms with E-state index in [9.17, 15) is 5.11 Å². The van der Waals surface area contributed by atoms with Gasteiger partial charge in [0.1, 0.15) is 5.76 Å². The molecule has 0 aliphatic carbocycles. The predicted molar refractivity (Wildman–Crippen MR) is 55.5 cm³/mol. The standard InChI is InChI=1S/C10H13BrO2/c1-6(2)4-9(12)8-5-10(11)13-7(8)3/h5,9,12H,1,4H2,2-3H3. The van der Waals surface area contributed by atoms with Crippen LogP contribution in [0.5, 0.6) is 0 Å². The lowest BCUT2D eigenvalue weighted by atomic mass is 10.0. The first-order chi connectivity index (χ1) is 6.00. The third kappa shape index (κ3) is 2.71. The van der Waals surface area contributed by atoms with Gasteiger partial charge in [0, 0.05) is 5.56 Å². The number of rotatable bonds is 3. The molecule has 0 amide bonds. The van der Waals surface area contributed by atoms with Crippen molar-refractivity contribution in [3.63, 3.8) is 0 Å². The van der Waals surface area contributed by atoms with Crippen LogP contribution in [0.2, 0.25) is 0 Å². The van der Waals surface area contributed by atoms with Gasteiger partial charge < -0.3 is 9.52 Å². The number of aliphatic hydroxyl groups excluding tert-OH is 1. The summed E-state index contributed by atoms with van der Waals surface area (Å²) in [5.41, 5.74) is 1.79. The first kappa shape index (κ1) is 10.5. The quantitative estimate of drug-likeness (QED) is 0.828. The van der Waals surface area contributed by atoms with E-state index in [1.807, 2.05) is 13.8 Å². The van der Waals surface area contributed by atoms with Crippen molar-refractivity contribution >= 4 is 15.9 Å². The minimum absolute atomic E-state index is 0.507. The van der Waals surface area contributed by atoms with Gasteiger partial charge in [-0.15, -0.1) is 6.58 Å². The monoisotopic (exact) mass is 244 g/mol. The van der Waals surface area contributed by atoms with Crippen LogP contribution in [0.4, 0.5) is 0 Å². The number of halogens is 1. The molecule has 0 aromatic carbocycles. The van der Waals surface area contributed by atoms with E-state index in [2.05, 4.69) is 22.5 Å². The molecule has 1 aromatic rings. The lowest BCUT2D eigenvalue weighted by molar-refractivity contribution is 0.176. The fraction of sp³-hybridized carbons (Fsp3) is 0.400. The van der Waals surface area contributed by atoms with Crippen molar-refractivity contribution in [2.75, 3.05) is 0 Å². The minimum atomic E-state index is -0.507. The summed E-state index contributed by atoms with van der Waals surface area (Å²) < 4.78 is 5.90. The van der Waals surface area contributed by atoms with E-state index >= 15 is 0 Å². The van der Waals surface area contributed by atoms with Crippen LogP contribution < -0.4 is 0 Å². The maximum atomic E-state index is 9.74. The molecule has 0 saturated heterocycles. The maximum absolute atomic E-state index is 9.74. The Labute approximate surface area is 86.4 Å². The number of hydrogen-bond donors (Lipinski definition) is 1. The van der Waals surface area contributed by atoms with Gasteiger partial charge in [0.2, 0.25) is 0 Å². The summed E-state index contributed by atoms with van der Waals surface area (Å²) in [6.07, 6.45) is 0.0693. The molecule has 0 aliphatic rings. The predicted octanol–water partition coefficient (Wildman–Crippen LogP) is 3.35. The van der Waals surface area contributed by atoms with Gasteiger partial charge in [-0.1, -0.05) is 5.57 Å². The molecule has 13 heavy (non-hydrogen) atoms. The molecule has 3 heteroatoms. The Morgan fingerprint density at radius 2 is 2.38 bits per heavy atom. The van der Waals surface area contributed by atoms with Crippen molar-refractivity contribution in [1.29, 1.82) is 0 Å². The smallest absolute Gasteiger partial charge is 0.169 e. The molecule has 1 rings (SSSR count). The summed E-state index contributed by atoms with van der Waals surface area (Å²) in [5, 5.41) is 9.74. The zero-order valence-electron chi connectivity index (χ0n) is 7.80. The molecule has 0 spiro atoms. The van der Waals surface area contributed by atoms with Crippen molar-refractivity contribution in [3.8, 4) is 0 Å². The van der Waals surface area contributed by atoms with Crippen LogP contribution in [0.1, 0.15) is 30.8 Å². The first-order valence-corrected chi connectivity index (χ1v) is 4.88. The molecule has 0 radical (unpaired) electrons. The summed E-state index contributed by atoms with van der Waals surface area (Å²) in [5.74, 6) is 0.751. The molecule has 0 saturated carbocycles. The fourth-order valence-corrected chi connectivity index (χ4v) is 1.72. The van der Waals surface area contributed by atoms with Crippen molar-refractivity contribution in [1.82, 2.24) is 0 Å². The zero-order chi connectivity index (χ0) is 10.0. The molecule has 1 aromatic heterocycles. The van der Waals surface area contributed by atoms with Crippen molar-refractivity contribution in [2.24, 2.45) is 0 Å². The van der Waals surface area contributed by atoms with Gasteiger partial charge in [0.25, 0.3) is 0 Å². The van der Waals surface area contributed by atoms with Crippen molar-refractivity contribution in [2.45, 2.75) is 26.4 Å². The molecule has 1 heterocycles. The van der Waals surface area contributed by atoms with E-state index in [0.717, 1.165) is 16.9 Å². The van der Waals surface area contributed by atoms with E-state index in [1.165, 1.54) is 0 Å². The lowest BCUT2D eigenvalue weighted by Crippen LogP contribution is -1.97. The molecule has 72 valence electrons. The Hall–Kier alpha value is -0.540. The highest BCUT2D eigenvalue weighted by Crippen LogP contribution is 2.28. The van der Waals surface area contributed by atoms with Gasteiger partial charge >= 0.3 is 0 Å². The van der Waals surface area contributed by atoms with E-state index in [-0.39, 0.29) is 0 Å². The Morgan fingerprint density at radius 1 is 1.77 bits per heavy atom. The molecule has 1 N–H and O–H groups in total. The van der Waals surface area contributed by atoms with Gasteiger partial charge in [0.05, 0.1) is 6.10 Å². The average Bonchev–Trinajstić information content (AvgIpc) is 2.28. The minimum Gasteiger partial charge on any atom is -0.454 e. The summed E-state index contributed by atoms with van der Waals surface area (Å²) in [6, 6.07) is 1.79. The van der Waals surface area contributed by atoms with E-state index in [1.54, 1.807) is 6.07 Å². The van der Waals surface area contributed by atoms with Crippen LogP contribution in [0, 0.1) is 6.92 Å². The van der Waals surface area contributed by atoms with Crippen LogP contribution in [-0.4, -0.2) is 5.11 Å². The highest BCUT2D eigenvalue weighted by molar-refractivity contribution is 9.10. The molecular weight excluding hydrogens is 232 g/mol. The van der Waals surface area contributed by atoms with Crippen LogP contribution >= 0.6 is 15.9 Å². The van der Waals surface area contributed by atoms with Crippen LogP contribution in [0.15, 0.2) is 27.3 Å². The molecule has 0 fully saturated rings. The highest BCUT2D eigenvalue weighted by Gasteiger charge is 2.14. The normalized spacial score (nSPS) is 12.9. The fourth-order valence-electron chi connectivity index (χ4n) is 1.23. The first-order valence-electron chi connectivity index (χ1n) is 4.09. The van der Waals surface area contributed by atoms with E-state index in [4.69, 9.17) is 4.42 Å².